The fourth-order valence-electron chi connectivity index (χ4n) is 3.02. The summed E-state index contributed by atoms with van der Waals surface area (Å²) in [6, 6.07) is -0.137. The Morgan fingerprint density at radius 1 is 1.48 bits per heavy atom. The third-order valence-corrected chi connectivity index (χ3v) is 5.68. The van der Waals surface area contributed by atoms with E-state index in [0.717, 1.165) is 34.7 Å². The van der Waals surface area contributed by atoms with Gasteiger partial charge in [-0.3, -0.25) is 4.79 Å². The molecule has 1 saturated heterocycles. The molecular weight excluding hydrogens is 340 g/mol. The van der Waals surface area contributed by atoms with Crippen LogP contribution in [0.25, 0.3) is 10.2 Å². The van der Waals surface area contributed by atoms with Gasteiger partial charge in [-0.05, 0) is 32.3 Å². The van der Waals surface area contributed by atoms with Gasteiger partial charge in [0.1, 0.15) is 10.7 Å². The summed E-state index contributed by atoms with van der Waals surface area (Å²) in [6.07, 6.45) is 2.69. The smallest absolute Gasteiger partial charge is 0.317 e. The first-order valence-electron chi connectivity index (χ1n) is 8.55. The molecule has 0 aliphatic carbocycles. The highest BCUT2D eigenvalue weighted by Crippen LogP contribution is 2.25. The van der Waals surface area contributed by atoms with E-state index in [-0.39, 0.29) is 17.7 Å². The number of urea groups is 1. The quantitative estimate of drug-likeness (QED) is 0.849. The maximum Gasteiger partial charge on any atom is 0.317 e. The molecule has 0 bridgehead atoms. The number of likely N-dealkylation sites (N-methyl/N-ethyl adjacent to an activating group) is 1. The summed E-state index contributed by atoms with van der Waals surface area (Å²) in [5.74, 6) is 0.598. The normalized spacial score (nSPS) is 17.2. The minimum absolute atomic E-state index is 0.108. The summed E-state index contributed by atoms with van der Waals surface area (Å²) in [6.45, 7) is 5.73. The summed E-state index contributed by atoms with van der Waals surface area (Å²) in [7, 11) is 1.76. The number of thiophene rings is 1. The Labute approximate surface area is 150 Å². The van der Waals surface area contributed by atoms with Crippen molar-refractivity contribution in [1.29, 1.82) is 0 Å². The molecule has 1 aliphatic heterocycles. The number of rotatable bonds is 5. The second-order valence-electron chi connectivity index (χ2n) is 6.47. The zero-order valence-corrected chi connectivity index (χ0v) is 15.7. The Bertz CT molecular complexity index is 823. The van der Waals surface area contributed by atoms with E-state index in [1.165, 1.54) is 11.3 Å². The van der Waals surface area contributed by atoms with Crippen LogP contribution in [0.3, 0.4) is 0 Å². The molecule has 8 heteroatoms. The van der Waals surface area contributed by atoms with Crippen molar-refractivity contribution in [3.63, 3.8) is 0 Å². The number of aromatic amines is 1. The van der Waals surface area contributed by atoms with Crippen molar-refractivity contribution in [2.24, 2.45) is 0 Å². The van der Waals surface area contributed by atoms with Crippen molar-refractivity contribution in [2.45, 2.75) is 39.2 Å². The molecule has 0 aromatic carbocycles. The monoisotopic (exact) mass is 364 g/mol. The number of aromatic nitrogens is 2. The van der Waals surface area contributed by atoms with Crippen LogP contribution in [-0.2, 0) is 11.2 Å². The summed E-state index contributed by atoms with van der Waals surface area (Å²) in [5, 5.41) is 3.53. The summed E-state index contributed by atoms with van der Waals surface area (Å²) in [4.78, 5) is 35.2. The van der Waals surface area contributed by atoms with Gasteiger partial charge in [-0.15, -0.1) is 11.3 Å². The van der Waals surface area contributed by atoms with E-state index in [9.17, 15) is 9.59 Å². The molecule has 2 aromatic heterocycles. The number of ether oxygens (including phenoxy) is 1. The number of nitrogens with zero attached hydrogens (tertiary/aromatic N) is 2. The molecule has 1 fully saturated rings. The first kappa shape index (κ1) is 17.9. The summed E-state index contributed by atoms with van der Waals surface area (Å²) < 4.78 is 5.54. The van der Waals surface area contributed by atoms with E-state index in [2.05, 4.69) is 15.3 Å². The Hall–Kier alpha value is -1.93. The average Bonchev–Trinajstić information content (AvgIpc) is 3.16. The number of hydrogen-bond donors (Lipinski definition) is 2. The SMILES string of the molecule is Cc1sc2nc(CCNC(=O)N(C)C[C@H]3CCCO3)[nH]c(=O)c2c1C. The zero-order valence-electron chi connectivity index (χ0n) is 14.8. The van der Waals surface area contributed by atoms with Crippen LogP contribution in [-0.4, -0.2) is 53.7 Å². The van der Waals surface area contributed by atoms with Crippen molar-refractivity contribution >= 4 is 27.6 Å². The fraction of sp³-hybridized carbons (Fsp3) is 0.588. The number of fused-ring (bicyclic) bond motifs is 1. The van der Waals surface area contributed by atoms with Crippen LogP contribution >= 0.6 is 11.3 Å². The molecule has 0 saturated carbocycles. The Morgan fingerprint density at radius 2 is 2.28 bits per heavy atom. The lowest BCUT2D eigenvalue weighted by Gasteiger charge is -2.21. The number of aryl methyl sites for hydroxylation is 2. The van der Waals surface area contributed by atoms with Gasteiger partial charge in [0.2, 0.25) is 0 Å². The predicted octanol–water partition coefficient (Wildman–Crippen LogP) is 1.96. The largest absolute Gasteiger partial charge is 0.376 e. The number of amides is 2. The molecule has 1 aliphatic rings. The van der Waals surface area contributed by atoms with Crippen LogP contribution in [0, 0.1) is 13.8 Å². The lowest BCUT2D eigenvalue weighted by molar-refractivity contribution is 0.0875. The fourth-order valence-corrected chi connectivity index (χ4v) is 4.07. The predicted molar refractivity (Wildman–Crippen MR) is 98.4 cm³/mol. The van der Waals surface area contributed by atoms with Gasteiger partial charge in [-0.1, -0.05) is 0 Å². The van der Waals surface area contributed by atoms with Crippen molar-refractivity contribution in [2.75, 3.05) is 26.7 Å². The van der Waals surface area contributed by atoms with Gasteiger partial charge in [0, 0.05) is 38.0 Å². The van der Waals surface area contributed by atoms with E-state index >= 15 is 0 Å². The van der Waals surface area contributed by atoms with Crippen molar-refractivity contribution < 1.29 is 9.53 Å². The van der Waals surface area contributed by atoms with Crippen molar-refractivity contribution in [3.8, 4) is 0 Å². The maximum atomic E-state index is 12.2. The first-order valence-corrected chi connectivity index (χ1v) is 9.37. The van der Waals surface area contributed by atoms with Gasteiger partial charge in [-0.2, -0.15) is 0 Å². The first-order chi connectivity index (χ1) is 12.0. The Kier molecular flexibility index (Phi) is 5.39. The highest BCUT2D eigenvalue weighted by atomic mass is 32.1. The van der Waals surface area contributed by atoms with Gasteiger partial charge in [0.25, 0.3) is 5.56 Å². The third-order valence-electron chi connectivity index (χ3n) is 4.57. The Balaban J connectivity index is 1.55. The van der Waals surface area contributed by atoms with Crippen LogP contribution in [0.15, 0.2) is 4.79 Å². The molecule has 2 N–H and O–H groups in total. The van der Waals surface area contributed by atoms with Crippen molar-refractivity contribution in [3.05, 3.63) is 26.6 Å². The third kappa shape index (κ3) is 4.01. The van der Waals surface area contributed by atoms with E-state index in [4.69, 9.17) is 4.74 Å². The van der Waals surface area contributed by atoms with Gasteiger partial charge in [0.05, 0.1) is 11.5 Å². The highest BCUT2D eigenvalue weighted by molar-refractivity contribution is 7.18. The van der Waals surface area contributed by atoms with Gasteiger partial charge in [0.15, 0.2) is 0 Å². The number of nitrogens with one attached hydrogen (secondary N) is 2. The highest BCUT2D eigenvalue weighted by Gasteiger charge is 2.20. The minimum atomic E-state index is -0.137. The number of carbonyl (C=O) groups is 1. The molecule has 7 nitrogen and oxygen atoms in total. The second kappa shape index (κ2) is 7.53. The molecule has 0 unspecified atom stereocenters. The number of H-pyrrole nitrogens is 1. The molecular formula is C17H24N4O3S. The average molecular weight is 364 g/mol. The van der Waals surface area contributed by atoms with E-state index < -0.39 is 0 Å². The van der Waals surface area contributed by atoms with E-state index in [1.807, 2.05) is 13.8 Å². The minimum Gasteiger partial charge on any atom is -0.376 e. The van der Waals surface area contributed by atoms with E-state index in [1.54, 1.807) is 11.9 Å². The zero-order chi connectivity index (χ0) is 18.0. The van der Waals surface area contributed by atoms with Crippen LogP contribution < -0.4 is 10.9 Å². The lowest BCUT2D eigenvalue weighted by atomic mass is 10.2. The molecule has 0 spiro atoms. The van der Waals surface area contributed by atoms with Gasteiger partial charge >= 0.3 is 6.03 Å². The van der Waals surface area contributed by atoms with Crippen LogP contribution in [0.4, 0.5) is 4.79 Å². The lowest BCUT2D eigenvalue weighted by Crippen LogP contribution is -2.42. The molecule has 136 valence electrons. The van der Waals surface area contributed by atoms with Crippen LogP contribution in [0.5, 0.6) is 0 Å². The molecule has 2 aromatic rings. The molecule has 25 heavy (non-hydrogen) atoms. The number of carbonyl (C=O) groups excluding carboxylic acids is 1. The van der Waals surface area contributed by atoms with Crippen LogP contribution in [0.2, 0.25) is 0 Å². The topological polar surface area (TPSA) is 87.3 Å². The molecule has 0 radical (unpaired) electrons. The van der Waals surface area contributed by atoms with Crippen LogP contribution in [0.1, 0.15) is 29.1 Å². The standard InChI is InChI=1S/C17H24N4O3S/c1-10-11(2)25-16-14(10)15(22)19-13(20-16)6-7-18-17(23)21(3)9-12-5-4-8-24-12/h12H,4-9H2,1-3H3,(H,18,23)(H,19,20,22)/t12-/m1/s1. The molecule has 3 heterocycles. The molecule has 1 atom stereocenters. The molecule has 2 amide bonds. The molecule has 3 rings (SSSR count). The second-order valence-corrected chi connectivity index (χ2v) is 7.68. The maximum absolute atomic E-state index is 12.2. The number of hydrogen-bond acceptors (Lipinski definition) is 5. The summed E-state index contributed by atoms with van der Waals surface area (Å²) in [5.41, 5.74) is 0.882. The van der Waals surface area contributed by atoms with E-state index in [0.29, 0.717) is 30.7 Å². The summed E-state index contributed by atoms with van der Waals surface area (Å²) >= 11 is 1.53. The van der Waals surface area contributed by atoms with Gasteiger partial charge in [-0.25, -0.2) is 9.78 Å². The van der Waals surface area contributed by atoms with Crippen molar-refractivity contribution in [1.82, 2.24) is 20.2 Å². The van der Waals surface area contributed by atoms with Gasteiger partial charge < -0.3 is 19.9 Å². The Morgan fingerprint density at radius 3 is 3.00 bits per heavy atom.